The van der Waals surface area contributed by atoms with Gasteiger partial charge in [-0.3, -0.25) is 4.79 Å². The average Bonchev–Trinajstić information content (AvgIpc) is 3.28. The molecule has 8 heteroatoms. The summed E-state index contributed by atoms with van der Waals surface area (Å²) in [5, 5.41) is 4.13. The highest BCUT2D eigenvalue weighted by molar-refractivity contribution is 7.89. The van der Waals surface area contributed by atoms with Gasteiger partial charge in [-0.05, 0) is 55.7 Å². The van der Waals surface area contributed by atoms with Gasteiger partial charge in [0, 0.05) is 30.8 Å². The Balaban J connectivity index is 1.66. The summed E-state index contributed by atoms with van der Waals surface area (Å²) in [6, 6.07) is 13.7. The molecule has 154 valence electrons. The van der Waals surface area contributed by atoms with Crippen LogP contribution in [0.5, 0.6) is 5.75 Å². The molecule has 29 heavy (non-hydrogen) atoms. The number of methoxy groups -OCH3 is 1. The van der Waals surface area contributed by atoms with Crippen molar-refractivity contribution in [2.24, 2.45) is 5.10 Å². The van der Waals surface area contributed by atoms with Crippen molar-refractivity contribution in [2.45, 2.75) is 31.1 Å². The quantitative estimate of drug-likeness (QED) is 0.556. The van der Waals surface area contributed by atoms with Crippen LogP contribution in [0.1, 0.15) is 35.7 Å². The van der Waals surface area contributed by atoms with Crippen LogP contribution in [0.4, 0.5) is 0 Å². The number of hydrogen-bond donors (Lipinski definition) is 1. The molecule has 2 aromatic rings. The maximum atomic E-state index is 12.7. The van der Waals surface area contributed by atoms with Crippen LogP contribution in [0.2, 0.25) is 0 Å². The number of nitrogens with one attached hydrogen (secondary N) is 1. The Morgan fingerprint density at radius 1 is 1.14 bits per heavy atom. The first-order valence-corrected chi connectivity index (χ1v) is 10.9. The molecular formula is C21H25N3O4S. The molecule has 0 spiro atoms. The summed E-state index contributed by atoms with van der Waals surface area (Å²) in [6.45, 7) is 2.86. The number of hydrogen-bond acceptors (Lipinski definition) is 5. The Morgan fingerprint density at radius 3 is 2.48 bits per heavy atom. The second-order valence-corrected chi connectivity index (χ2v) is 8.89. The lowest BCUT2D eigenvalue weighted by Gasteiger charge is -2.15. The molecule has 0 aliphatic carbocycles. The number of sulfonamides is 1. The van der Waals surface area contributed by atoms with Crippen LogP contribution in [0.25, 0.3) is 0 Å². The molecule has 2 aromatic carbocycles. The van der Waals surface area contributed by atoms with Gasteiger partial charge in [0.2, 0.25) is 10.0 Å². The molecule has 0 radical (unpaired) electrons. The highest BCUT2D eigenvalue weighted by Crippen LogP contribution is 2.21. The van der Waals surface area contributed by atoms with Crippen LogP contribution in [0.3, 0.4) is 0 Å². The SMILES string of the molecule is COc1ccc(C/C(C)=N\NC(=O)c2cccc(S(=O)(=O)N3CCCC3)c2)cc1. The maximum Gasteiger partial charge on any atom is 0.271 e. The molecule has 0 aromatic heterocycles. The molecule has 1 fully saturated rings. The number of carbonyl (C=O) groups excluding carboxylic acids is 1. The molecule has 0 atom stereocenters. The van der Waals surface area contributed by atoms with Crippen molar-refractivity contribution < 1.29 is 17.9 Å². The van der Waals surface area contributed by atoms with Crippen LogP contribution in [-0.4, -0.2) is 44.5 Å². The molecule has 0 saturated carbocycles. The van der Waals surface area contributed by atoms with Gasteiger partial charge in [0.15, 0.2) is 0 Å². The predicted octanol–water partition coefficient (Wildman–Crippen LogP) is 2.83. The minimum Gasteiger partial charge on any atom is -0.497 e. The molecule has 1 amide bonds. The van der Waals surface area contributed by atoms with E-state index in [1.807, 2.05) is 31.2 Å². The maximum absolute atomic E-state index is 12.7. The van der Waals surface area contributed by atoms with E-state index < -0.39 is 15.9 Å². The van der Waals surface area contributed by atoms with Gasteiger partial charge < -0.3 is 4.74 Å². The van der Waals surface area contributed by atoms with Gasteiger partial charge in [-0.25, -0.2) is 13.8 Å². The number of amides is 1. The number of nitrogens with zero attached hydrogens (tertiary/aromatic N) is 2. The first-order chi connectivity index (χ1) is 13.9. The first-order valence-electron chi connectivity index (χ1n) is 9.47. The molecule has 1 saturated heterocycles. The van der Waals surface area contributed by atoms with Gasteiger partial charge >= 0.3 is 0 Å². The third kappa shape index (κ3) is 5.21. The van der Waals surface area contributed by atoms with Gasteiger partial charge in [-0.15, -0.1) is 0 Å². The fourth-order valence-electron chi connectivity index (χ4n) is 3.16. The lowest BCUT2D eigenvalue weighted by atomic mass is 10.1. The normalized spacial score (nSPS) is 15.3. The Labute approximate surface area is 171 Å². The van der Waals surface area contributed by atoms with Crippen LogP contribution in [-0.2, 0) is 16.4 Å². The molecule has 1 N–H and O–H groups in total. The zero-order valence-corrected chi connectivity index (χ0v) is 17.4. The monoisotopic (exact) mass is 415 g/mol. The third-order valence-corrected chi connectivity index (χ3v) is 6.66. The van der Waals surface area contributed by atoms with Crippen molar-refractivity contribution in [1.29, 1.82) is 0 Å². The van der Waals surface area contributed by atoms with E-state index in [9.17, 15) is 13.2 Å². The summed E-state index contributed by atoms with van der Waals surface area (Å²) >= 11 is 0. The molecule has 7 nitrogen and oxygen atoms in total. The zero-order chi connectivity index (χ0) is 20.9. The standard InChI is InChI=1S/C21H25N3O4S/c1-16(14-17-8-10-19(28-2)11-9-17)22-23-21(25)18-6-5-7-20(15-18)29(26,27)24-12-3-4-13-24/h5-11,15H,3-4,12-14H2,1-2H3,(H,23,25)/b22-16-. The number of ether oxygens (including phenoxy) is 1. The largest absolute Gasteiger partial charge is 0.497 e. The number of benzene rings is 2. The summed E-state index contributed by atoms with van der Waals surface area (Å²) in [6.07, 6.45) is 2.30. The summed E-state index contributed by atoms with van der Waals surface area (Å²) in [4.78, 5) is 12.6. The van der Waals surface area contributed by atoms with E-state index in [2.05, 4.69) is 10.5 Å². The lowest BCUT2D eigenvalue weighted by molar-refractivity contribution is 0.0954. The fraction of sp³-hybridized carbons (Fsp3) is 0.333. The van der Waals surface area contributed by atoms with E-state index >= 15 is 0 Å². The summed E-state index contributed by atoms with van der Waals surface area (Å²) in [5.41, 5.74) is 4.53. The van der Waals surface area contributed by atoms with Gasteiger partial charge in [0.25, 0.3) is 5.91 Å². The minimum absolute atomic E-state index is 0.131. The Morgan fingerprint density at radius 2 is 1.83 bits per heavy atom. The lowest BCUT2D eigenvalue weighted by Crippen LogP contribution is -2.28. The topological polar surface area (TPSA) is 88.1 Å². The fourth-order valence-corrected chi connectivity index (χ4v) is 4.73. The van der Waals surface area contributed by atoms with Crippen molar-refractivity contribution in [1.82, 2.24) is 9.73 Å². The Bertz CT molecular complexity index is 995. The number of hydrazone groups is 1. The molecule has 3 rings (SSSR count). The van der Waals surface area contributed by atoms with Crippen LogP contribution < -0.4 is 10.2 Å². The predicted molar refractivity (Wildman–Crippen MR) is 112 cm³/mol. The van der Waals surface area contributed by atoms with Gasteiger partial charge in [-0.1, -0.05) is 18.2 Å². The number of rotatable bonds is 7. The summed E-state index contributed by atoms with van der Waals surface area (Å²) in [5.74, 6) is 0.331. The van der Waals surface area contributed by atoms with E-state index in [0.29, 0.717) is 19.5 Å². The molecule has 1 aliphatic rings. The number of carbonyl (C=O) groups is 1. The smallest absolute Gasteiger partial charge is 0.271 e. The molecule has 1 aliphatic heterocycles. The van der Waals surface area contributed by atoms with Crippen LogP contribution in [0.15, 0.2) is 58.5 Å². The first kappa shape index (κ1) is 21.0. The van der Waals surface area contributed by atoms with Crippen molar-refractivity contribution >= 4 is 21.6 Å². The van der Waals surface area contributed by atoms with Crippen LogP contribution in [0, 0.1) is 0 Å². The van der Waals surface area contributed by atoms with Crippen molar-refractivity contribution in [3.8, 4) is 5.75 Å². The Hall–Kier alpha value is -2.71. The highest BCUT2D eigenvalue weighted by Gasteiger charge is 2.27. The molecule has 0 unspecified atom stereocenters. The summed E-state index contributed by atoms with van der Waals surface area (Å²) in [7, 11) is -1.95. The van der Waals surface area contributed by atoms with E-state index in [-0.39, 0.29) is 10.5 Å². The highest BCUT2D eigenvalue weighted by atomic mass is 32.2. The second-order valence-electron chi connectivity index (χ2n) is 6.95. The second kappa shape index (κ2) is 9.19. The van der Waals surface area contributed by atoms with E-state index in [1.54, 1.807) is 19.2 Å². The summed E-state index contributed by atoms with van der Waals surface area (Å²) < 4.78 is 32.0. The van der Waals surface area contributed by atoms with E-state index in [4.69, 9.17) is 4.74 Å². The van der Waals surface area contributed by atoms with Gasteiger partial charge in [0.05, 0.1) is 12.0 Å². The van der Waals surface area contributed by atoms with Crippen molar-refractivity contribution in [3.05, 3.63) is 59.7 Å². The zero-order valence-electron chi connectivity index (χ0n) is 16.6. The Kier molecular flexibility index (Phi) is 6.66. The molecule has 0 bridgehead atoms. The minimum atomic E-state index is -3.57. The third-order valence-electron chi connectivity index (χ3n) is 4.77. The van der Waals surface area contributed by atoms with Gasteiger partial charge in [-0.2, -0.15) is 9.41 Å². The molecular weight excluding hydrogens is 390 g/mol. The van der Waals surface area contributed by atoms with Crippen LogP contribution >= 0.6 is 0 Å². The average molecular weight is 416 g/mol. The van der Waals surface area contributed by atoms with Gasteiger partial charge in [0.1, 0.15) is 5.75 Å². The molecule has 1 heterocycles. The van der Waals surface area contributed by atoms with E-state index in [1.165, 1.54) is 16.4 Å². The van der Waals surface area contributed by atoms with E-state index in [0.717, 1.165) is 29.9 Å². The van der Waals surface area contributed by atoms with Crippen molar-refractivity contribution in [2.75, 3.05) is 20.2 Å². The van der Waals surface area contributed by atoms with Crippen molar-refractivity contribution in [3.63, 3.8) is 0 Å².